The topological polar surface area (TPSA) is 17.1 Å². The van der Waals surface area contributed by atoms with Crippen molar-refractivity contribution in [2.45, 2.75) is 59.8 Å². The van der Waals surface area contributed by atoms with E-state index in [1.54, 1.807) is 0 Å². The van der Waals surface area contributed by atoms with Crippen LogP contribution in [0.2, 0.25) is 0 Å². The van der Waals surface area contributed by atoms with Crippen molar-refractivity contribution < 1.29 is 4.79 Å². The molecule has 1 aliphatic carbocycles. The molecule has 0 unspecified atom stereocenters. The third kappa shape index (κ3) is 3.48. The van der Waals surface area contributed by atoms with E-state index in [-0.39, 0.29) is 5.41 Å². The minimum atomic E-state index is -0.0488. The van der Waals surface area contributed by atoms with Crippen molar-refractivity contribution in [3.05, 3.63) is 11.6 Å². The van der Waals surface area contributed by atoms with Gasteiger partial charge in [0.05, 0.1) is 0 Å². The minimum Gasteiger partial charge on any atom is -0.303 e. The summed E-state index contributed by atoms with van der Waals surface area (Å²) in [7, 11) is 0. The largest absolute Gasteiger partial charge is 0.303 e. The number of hydrogen-bond donors (Lipinski definition) is 0. The highest BCUT2D eigenvalue weighted by atomic mass is 16.1. The first-order valence-corrected chi connectivity index (χ1v) is 5.99. The maximum absolute atomic E-state index is 11.3. The molecule has 0 heterocycles. The van der Waals surface area contributed by atoms with E-state index in [4.69, 9.17) is 0 Å². The van der Waals surface area contributed by atoms with Crippen LogP contribution in [0.15, 0.2) is 11.6 Å². The minimum absolute atomic E-state index is 0.0488. The first kappa shape index (κ1) is 12.5. The van der Waals surface area contributed by atoms with Crippen molar-refractivity contribution in [2.75, 3.05) is 0 Å². The van der Waals surface area contributed by atoms with Crippen LogP contribution in [0.1, 0.15) is 59.8 Å². The fourth-order valence-electron chi connectivity index (χ4n) is 2.20. The van der Waals surface area contributed by atoms with Gasteiger partial charge in [-0.2, -0.15) is 0 Å². The number of rotatable bonds is 3. The van der Waals surface area contributed by atoms with Crippen LogP contribution in [0.5, 0.6) is 0 Å². The van der Waals surface area contributed by atoms with Gasteiger partial charge in [-0.1, -0.05) is 25.5 Å². The number of carbonyl (C=O) groups excluding carboxylic acids is 1. The highest BCUT2D eigenvalue weighted by molar-refractivity contribution is 5.60. The van der Waals surface area contributed by atoms with Gasteiger partial charge >= 0.3 is 0 Å². The lowest BCUT2D eigenvalue weighted by molar-refractivity contribution is -0.118. The molecule has 0 aromatic carbocycles. The molecule has 0 bridgehead atoms. The number of carbonyl (C=O) groups is 1. The molecule has 1 heteroatoms. The number of aldehydes is 1. The van der Waals surface area contributed by atoms with Crippen LogP contribution >= 0.6 is 0 Å². The molecule has 0 amide bonds. The number of hydrogen-bond acceptors (Lipinski definition) is 1. The normalized spacial score (nSPS) is 23.2. The molecule has 0 radical (unpaired) electrons. The molecule has 1 nitrogen and oxygen atoms in total. The van der Waals surface area contributed by atoms with Crippen molar-refractivity contribution in [3.63, 3.8) is 0 Å². The Morgan fingerprint density at radius 1 is 1.13 bits per heavy atom. The van der Waals surface area contributed by atoms with Gasteiger partial charge in [-0.3, -0.25) is 0 Å². The first-order chi connectivity index (χ1) is 6.89. The Morgan fingerprint density at radius 3 is 2.07 bits per heavy atom. The summed E-state index contributed by atoms with van der Waals surface area (Å²) in [5, 5.41) is 0. The first-order valence-electron chi connectivity index (χ1n) is 5.99. The molecule has 1 aliphatic rings. The lowest BCUT2D eigenvalue weighted by Gasteiger charge is -2.40. The molecule has 1 rings (SSSR count). The summed E-state index contributed by atoms with van der Waals surface area (Å²) in [6.45, 7) is 8.82. The average molecular weight is 208 g/mol. The summed E-state index contributed by atoms with van der Waals surface area (Å²) in [5.41, 5.74) is 1.71. The zero-order valence-corrected chi connectivity index (χ0v) is 10.6. The molecule has 86 valence electrons. The van der Waals surface area contributed by atoms with Gasteiger partial charge in [0.15, 0.2) is 0 Å². The maximum atomic E-state index is 11.3. The molecular formula is C14H24O. The zero-order valence-electron chi connectivity index (χ0n) is 10.6. The van der Waals surface area contributed by atoms with Crippen molar-refractivity contribution >= 4 is 6.29 Å². The van der Waals surface area contributed by atoms with E-state index in [0.29, 0.717) is 5.41 Å². The molecule has 1 saturated carbocycles. The summed E-state index contributed by atoms with van der Waals surface area (Å²) >= 11 is 0. The Labute approximate surface area is 93.9 Å². The molecule has 0 spiro atoms. The summed E-state index contributed by atoms with van der Waals surface area (Å²) in [5.74, 6) is 0. The smallest absolute Gasteiger partial charge is 0.126 e. The molecule has 0 N–H and O–H groups in total. The fraction of sp³-hybridized carbons (Fsp3) is 0.786. The quantitative estimate of drug-likeness (QED) is 0.503. The summed E-state index contributed by atoms with van der Waals surface area (Å²) in [4.78, 5) is 11.3. The van der Waals surface area contributed by atoms with E-state index in [2.05, 4.69) is 33.8 Å². The molecule has 0 aromatic rings. The molecule has 15 heavy (non-hydrogen) atoms. The van der Waals surface area contributed by atoms with E-state index in [1.807, 2.05) is 0 Å². The molecule has 0 atom stereocenters. The highest BCUT2D eigenvalue weighted by Gasteiger charge is 2.37. The van der Waals surface area contributed by atoms with Crippen LogP contribution in [0.3, 0.4) is 0 Å². The van der Waals surface area contributed by atoms with E-state index in [9.17, 15) is 4.79 Å². The van der Waals surface area contributed by atoms with E-state index >= 15 is 0 Å². The van der Waals surface area contributed by atoms with Gasteiger partial charge < -0.3 is 4.79 Å². The predicted molar refractivity (Wildman–Crippen MR) is 64.8 cm³/mol. The van der Waals surface area contributed by atoms with Gasteiger partial charge in [0.1, 0.15) is 6.29 Å². The summed E-state index contributed by atoms with van der Waals surface area (Å²) in [6.07, 6.45) is 8.86. The van der Waals surface area contributed by atoms with Crippen molar-refractivity contribution in [2.24, 2.45) is 10.8 Å². The van der Waals surface area contributed by atoms with Crippen LogP contribution in [-0.2, 0) is 4.79 Å². The van der Waals surface area contributed by atoms with Crippen LogP contribution in [0.4, 0.5) is 0 Å². The Balaban J connectivity index is 2.64. The van der Waals surface area contributed by atoms with E-state index in [0.717, 1.165) is 19.3 Å². The summed E-state index contributed by atoms with van der Waals surface area (Å²) < 4.78 is 0. The maximum Gasteiger partial charge on any atom is 0.126 e. The monoisotopic (exact) mass is 208 g/mol. The van der Waals surface area contributed by atoms with Gasteiger partial charge in [-0.25, -0.2) is 0 Å². The second-order valence-corrected chi connectivity index (χ2v) is 6.13. The highest BCUT2D eigenvalue weighted by Crippen LogP contribution is 2.45. The van der Waals surface area contributed by atoms with Crippen molar-refractivity contribution in [3.8, 4) is 0 Å². The standard InChI is InChI=1S/C14H24O/c1-12(2)5-6-14(11-15)9-7-13(3,4)8-10-14/h5,11H,6-10H2,1-4H3. The van der Waals surface area contributed by atoms with Gasteiger partial charge in [0, 0.05) is 5.41 Å². The lowest BCUT2D eigenvalue weighted by atomic mass is 9.64. The lowest BCUT2D eigenvalue weighted by Crippen LogP contribution is -2.32. The predicted octanol–water partition coefficient (Wildman–Crippen LogP) is 4.13. The van der Waals surface area contributed by atoms with Crippen molar-refractivity contribution in [1.82, 2.24) is 0 Å². The SMILES string of the molecule is CC(C)=CCC1(C=O)CCC(C)(C)CC1. The van der Waals surface area contributed by atoms with E-state index < -0.39 is 0 Å². The fourth-order valence-corrected chi connectivity index (χ4v) is 2.20. The molecular weight excluding hydrogens is 184 g/mol. The van der Waals surface area contributed by atoms with Crippen molar-refractivity contribution in [1.29, 1.82) is 0 Å². The molecule has 1 fully saturated rings. The second kappa shape index (κ2) is 4.51. The molecule has 0 saturated heterocycles. The third-order valence-corrected chi connectivity index (χ3v) is 3.77. The Hall–Kier alpha value is -0.590. The molecule has 0 aromatic heterocycles. The van der Waals surface area contributed by atoms with Gasteiger partial charge in [-0.15, -0.1) is 0 Å². The van der Waals surface area contributed by atoms with Gasteiger partial charge in [0.25, 0.3) is 0 Å². The van der Waals surface area contributed by atoms with Gasteiger partial charge in [0.2, 0.25) is 0 Å². The average Bonchev–Trinajstić information content (AvgIpc) is 2.17. The van der Waals surface area contributed by atoms with Crippen LogP contribution in [-0.4, -0.2) is 6.29 Å². The Morgan fingerprint density at radius 2 is 1.67 bits per heavy atom. The zero-order chi connectivity index (χ0) is 11.5. The van der Waals surface area contributed by atoms with Crippen LogP contribution in [0, 0.1) is 10.8 Å². The van der Waals surface area contributed by atoms with Gasteiger partial charge in [-0.05, 0) is 51.4 Å². The summed E-state index contributed by atoms with van der Waals surface area (Å²) in [6, 6.07) is 0. The van der Waals surface area contributed by atoms with E-state index in [1.165, 1.54) is 24.7 Å². The third-order valence-electron chi connectivity index (χ3n) is 3.77. The van der Waals surface area contributed by atoms with Crippen LogP contribution < -0.4 is 0 Å². The number of allylic oxidation sites excluding steroid dienone is 2. The molecule has 0 aliphatic heterocycles. The Kier molecular flexibility index (Phi) is 3.75. The Bertz CT molecular complexity index is 247. The second-order valence-electron chi connectivity index (χ2n) is 6.13. The van der Waals surface area contributed by atoms with Crippen LogP contribution in [0.25, 0.3) is 0 Å².